The number of fused-ring (bicyclic) bond motifs is 1. The predicted molar refractivity (Wildman–Crippen MR) is 87.3 cm³/mol. The lowest BCUT2D eigenvalue weighted by atomic mass is 10.00. The zero-order chi connectivity index (χ0) is 15.0. The summed E-state index contributed by atoms with van der Waals surface area (Å²) in [6, 6.07) is 9.87. The predicted octanol–water partition coefficient (Wildman–Crippen LogP) is 3.98. The van der Waals surface area contributed by atoms with Gasteiger partial charge < -0.3 is 0 Å². The third kappa shape index (κ3) is 2.29. The van der Waals surface area contributed by atoms with Crippen LogP contribution in [0.4, 0.5) is 5.69 Å². The zero-order valence-electron chi connectivity index (χ0n) is 11.6. The van der Waals surface area contributed by atoms with E-state index >= 15 is 0 Å². The molecule has 0 spiro atoms. The Bertz CT molecular complexity index is 762. The van der Waals surface area contributed by atoms with Crippen LogP contribution in [0.5, 0.6) is 0 Å². The number of rotatable bonds is 3. The van der Waals surface area contributed by atoms with E-state index in [1.165, 1.54) is 17.1 Å². The normalized spacial score (nSPS) is 14.5. The van der Waals surface area contributed by atoms with Gasteiger partial charge in [-0.3, -0.25) is 9.59 Å². The van der Waals surface area contributed by atoms with Crippen molar-refractivity contribution in [3.8, 4) is 0 Å². The molecule has 0 bridgehead atoms. The van der Waals surface area contributed by atoms with Gasteiger partial charge in [-0.1, -0.05) is 53.5 Å². The molecule has 1 aliphatic heterocycles. The Morgan fingerprint density at radius 1 is 1.00 bits per heavy atom. The number of amides is 2. The summed E-state index contributed by atoms with van der Waals surface area (Å²) in [6.07, 6.45) is 4.44. The van der Waals surface area contributed by atoms with Gasteiger partial charge in [-0.15, -0.1) is 0 Å². The van der Waals surface area contributed by atoms with E-state index in [1.807, 2.05) is 30.3 Å². The van der Waals surface area contributed by atoms with Gasteiger partial charge in [0.25, 0.3) is 11.8 Å². The summed E-state index contributed by atoms with van der Waals surface area (Å²) in [5.74, 6) is -0.547. The lowest BCUT2D eigenvalue weighted by Gasteiger charge is -2.21. The number of aryl methyl sites for hydroxylation is 1. The van der Waals surface area contributed by atoms with Crippen LogP contribution in [-0.2, 0) is 16.0 Å². The number of carbonyl (C=O) groups is 2. The first-order valence-electron chi connectivity index (χ1n) is 6.89. The van der Waals surface area contributed by atoms with E-state index in [-0.39, 0.29) is 11.8 Å². The Balaban J connectivity index is 2.31. The van der Waals surface area contributed by atoms with Crippen molar-refractivity contribution in [2.75, 3.05) is 4.90 Å². The van der Waals surface area contributed by atoms with Crippen LogP contribution in [0.3, 0.4) is 0 Å². The summed E-state index contributed by atoms with van der Waals surface area (Å²) < 4.78 is 0.955. The van der Waals surface area contributed by atoms with Gasteiger partial charge in [0.15, 0.2) is 0 Å². The Morgan fingerprint density at radius 2 is 1.71 bits per heavy atom. The molecule has 1 aliphatic rings. The number of nitrogens with zero attached hydrogens (tertiary/aromatic N) is 1. The highest BCUT2D eigenvalue weighted by molar-refractivity contribution is 9.10. The average molecular weight is 344 g/mol. The molecule has 0 aromatic heterocycles. The van der Waals surface area contributed by atoms with Gasteiger partial charge in [0, 0.05) is 22.0 Å². The van der Waals surface area contributed by atoms with Crippen molar-refractivity contribution in [3.63, 3.8) is 0 Å². The minimum absolute atomic E-state index is 0.273. The Morgan fingerprint density at radius 3 is 2.38 bits per heavy atom. The van der Waals surface area contributed by atoms with Crippen molar-refractivity contribution in [2.45, 2.75) is 19.8 Å². The standard InChI is InChI=1S/C17H14BrNO2/c1-2-4-11-7-8-12-13(5-3-6-14(12)18)17(11)19-15(20)9-10-16(19)21/h3,5-10H,2,4H2,1H3. The summed E-state index contributed by atoms with van der Waals surface area (Å²) in [5.41, 5.74) is 1.74. The van der Waals surface area contributed by atoms with Crippen molar-refractivity contribution in [1.29, 1.82) is 0 Å². The van der Waals surface area contributed by atoms with Gasteiger partial charge in [0.1, 0.15) is 0 Å². The third-order valence-corrected chi connectivity index (χ3v) is 4.31. The number of imide groups is 1. The number of anilines is 1. The van der Waals surface area contributed by atoms with Crippen LogP contribution in [0.25, 0.3) is 10.8 Å². The van der Waals surface area contributed by atoms with Crippen LogP contribution >= 0.6 is 15.9 Å². The van der Waals surface area contributed by atoms with Crippen LogP contribution in [0.2, 0.25) is 0 Å². The van der Waals surface area contributed by atoms with Crippen molar-refractivity contribution >= 4 is 44.2 Å². The Kier molecular flexibility index (Phi) is 3.64. The number of benzene rings is 2. The van der Waals surface area contributed by atoms with Crippen LogP contribution in [0, 0.1) is 0 Å². The highest BCUT2D eigenvalue weighted by Crippen LogP contribution is 2.36. The smallest absolute Gasteiger partial charge is 0.258 e. The molecule has 1 heterocycles. The van der Waals surface area contributed by atoms with E-state index in [0.29, 0.717) is 0 Å². The molecule has 2 aromatic carbocycles. The fourth-order valence-electron chi connectivity index (χ4n) is 2.70. The maximum absolute atomic E-state index is 12.1. The first-order valence-corrected chi connectivity index (χ1v) is 7.69. The molecule has 2 amide bonds. The molecule has 0 fully saturated rings. The minimum Gasteiger partial charge on any atom is -0.269 e. The molecule has 0 radical (unpaired) electrons. The van der Waals surface area contributed by atoms with Gasteiger partial charge in [-0.2, -0.15) is 0 Å². The van der Waals surface area contributed by atoms with Crippen LogP contribution in [-0.4, -0.2) is 11.8 Å². The fourth-order valence-corrected chi connectivity index (χ4v) is 3.20. The molecule has 0 saturated heterocycles. The fraction of sp³-hybridized carbons (Fsp3) is 0.176. The largest absolute Gasteiger partial charge is 0.269 e. The number of hydrogen-bond donors (Lipinski definition) is 0. The molecule has 106 valence electrons. The minimum atomic E-state index is -0.273. The summed E-state index contributed by atoms with van der Waals surface area (Å²) >= 11 is 3.53. The molecule has 3 rings (SSSR count). The van der Waals surface area contributed by atoms with Gasteiger partial charge in [0.2, 0.25) is 0 Å². The molecule has 0 aliphatic carbocycles. The molecular weight excluding hydrogens is 330 g/mol. The monoisotopic (exact) mass is 343 g/mol. The molecule has 2 aromatic rings. The summed E-state index contributed by atoms with van der Waals surface area (Å²) in [4.78, 5) is 25.4. The molecule has 21 heavy (non-hydrogen) atoms. The second kappa shape index (κ2) is 5.45. The summed E-state index contributed by atoms with van der Waals surface area (Å²) in [6.45, 7) is 2.08. The van der Waals surface area contributed by atoms with Crippen molar-refractivity contribution < 1.29 is 9.59 Å². The van der Waals surface area contributed by atoms with Gasteiger partial charge in [-0.25, -0.2) is 4.90 Å². The lowest BCUT2D eigenvalue weighted by Crippen LogP contribution is -2.30. The van der Waals surface area contributed by atoms with Crippen LogP contribution in [0.1, 0.15) is 18.9 Å². The lowest BCUT2D eigenvalue weighted by molar-refractivity contribution is -0.119. The van der Waals surface area contributed by atoms with E-state index in [4.69, 9.17) is 0 Å². The average Bonchev–Trinajstić information content (AvgIpc) is 2.79. The second-order valence-corrected chi connectivity index (χ2v) is 5.86. The third-order valence-electron chi connectivity index (χ3n) is 3.62. The summed E-state index contributed by atoms with van der Waals surface area (Å²) in [7, 11) is 0. The van der Waals surface area contributed by atoms with Crippen molar-refractivity contribution in [3.05, 3.63) is 52.5 Å². The Labute approximate surface area is 131 Å². The highest BCUT2D eigenvalue weighted by Gasteiger charge is 2.28. The molecular formula is C17H14BrNO2. The number of halogens is 1. The SMILES string of the molecule is CCCc1ccc2c(Br)cccc2c1N1C(=O)C=CC1=O. The van der Waals surface area contributed by atoms with Gasteiger partial charge >= 0.3 is 0 Å². The maximum Gasteiger partial charge on any atom is 0.258 e. The van der Waals surface area contributed by atoms with Crippen LogP contribution in [0.15, 0.2) is 47.0 Å². The first-order chi connectivity index (χ1) is 10.1. The van der Waals surface area contributed by atoms with E-state index in [2.05, 4.69) is 22.9 Å². The van der Waals surface area contributed by atoms with E-state index in [9.17, 15) is 9.59 Å². The molecule has 3 nitrogen and oxygen atoms in total. The van der Waals surface area contributed by atoms with Gasteiger partial charge in [0.05, 0.1) is 5.69 Å². The first kappa shape index (κ1) is 14.0. The molecule has 0 saturated carbocycles. The quantitative estimate of drug-likeness (QED) is 0.790. The van der Waals surface area contributed by atoms with E-state index in [1.54, 1.807) is 0 Å². The topological polar surface area (TPSA) is 37.4 Å². The van der Waals surface area contributed by atoms with E-state index < -0.39 is 0 Å². The van der Waals surface area contributed by atoms with Crippen molar-refractivity contribution in [2.24, 2.45) is 0 Å². The van der Waals surface area contributed by atoms with Gasteiger partial charge in [-0.05, 0) is 23.4 Å². The van der Waals surface area contributed by atoms with Crippen LogP contribution < -0.4 is 4.90 Å². The number of carbonyl (C=O) groups excluding carboxylic acids is 2. The summed E-state index contributed by atoms with van der Waals surface area (Å²) in [5, 5.41) is 1.92. The molecule has 0 unspecified atom stereocenters. The number of hydrogen-bond acceptors (Lipinski definition) is 2. The Hall–Kier alpha value is -1.94. The zero-order valence-corrected chi connectivity index (χ0v) is 13.2. The second-order valence-electron chi connectivity index (χ2n) is 5.00. The van der Waals surface area contributed by atoms with E-state index in [0.717, 1.165) is 39.3 Å². The highest BCUT2D eigenvalue weighted by atomic mass is 79.9. The molecule has 0 N–H and O–H groups in total. The van der Waals surface area contributed by atoms with Crippen molar-refractivity contribution in [1.82, 2.24) is 0 Å². The molecule has 0 atom stereocenters. The molecule has 4 heteroatoms. The maximum atomic E-state index is 12.1.